The Labute approximate surface area is 215 Å². The second kappa shape index (κ2) is 9.99. The number of carbonyl (C=O) groups excluding carboxylic acids is 2. The lowest BCUT2D eigenvalue weighted by Crippen LogP contribution is -2.28. The molecule has 3 N–H and O–H groups in total. The maximum absolute atomic E-state index is 14.0. The molecule has 0 saturated heterocycles. The second-order valence-corrected chi connectivity index (χ2v) is 10.6. The van der Waals surface area contributed by atoms with E-state index in [1.807, 2.05) is 6.92 Å². The fourth-order valence-electron chi connectivity index (χ4n) is 5.20. The number of carbonyl (C=O) groups is 2. The minimum Gasteiger partial charge on any atom is -0.493 e. The smallest absolute Gasteiger partial charge is 0.296 e. The summed E-state index contributed by atoms with van der Waals surface area (Å²) in [5, 5.41) is 6.48. The van der Waals surface area contributed by atoms with Crippen LogP contribution in [-0.4, -0.2) is 37.2 Å². The summed E-state index contributed by atoms with van der Waals surface area (Å²) < 4.78 is 39.3. The van der Waals surface area contributed by atoms with Crippen molar-refractivity contribution in [2.45, 2.75) is 50.0 Å². The molecule has 1 fully saturated rings. The number of benzene rings is 3. The van der Waals surface area contributed by atoms with E-state index >= 15 is 0 Å². The molecule has 1 saturated carbocycles. The molecule has 3 aromatic rings. The van der Waals surface area contributed by atoms with Crippen molar-refractivity contribution in [3.8, 4) is 5.75 Å². The molecule has 0 bridgehead atoms. The standard InChI is InChI=1S/C28H28N2O6S/c1-2-36-22-13-8-11-18-24(22)28(32)26-20(29-17-9-4-3-5-10-17)15-16-21(25(26)27(18)31)30-19-12-6-7-14-23(19)37(33,34)35/h6-8,11-17,29-30H,2-5,9-10H2,1H3,(H,33,34,35). The second-order valence-electron chi connectivity index (χ2n) is 9.26. The Kier molecular flexibility index (Phi) is 6.74. The summed E-state index contributed by atoms with van der Waals surface area (Å²) in [5.74, 6) is -0.355. The van der Waals surface area contributed by atoms with Crippen molar-refractivity contribution in [3.63, 3.8) is 0 Å². The average Bonchev–Trinajstić information content (AvgIpc) is 2.88. The zero-order chi connectivity index (χ0) is 26.2. The zero-order valence-corrected chi connectivity index (χ0v) is 21.2. The van der Waals surface area contributed by atoms with E-state index in [4.69, 9.17) is 4.74 Å². The molecule has 3 aromatic carbocycles. The van der Waals surface area contributed by atoms with E-state index in [0.717, 1.165) is 25.7 Å². The van der Waals surface area contributed by atoms with E-state index in [-0.39, 0.29) is 56.1 Å². The Balaban J connectivity index is 1.67. The van der Waals surface area contributed by atoms with Crippen LogP contribution in [0.4, 0.5) is 17.1 Å². The third-order valence-corrected chi connectivity index (χ3v) is 7.77. The first kappa shape index (κ1) is 25.0. The van der Waals surface area contributed by atoms with Crippen molar-refractivity contribution in [1.29, 1.82) is 0 Å². The lowest BCUT2D eigenvalue weighted by molar-refractivity contribution is 0.0977. The summed E-state index contributed by atoms with van der Waals surface area (Å²) in [6, 6.07) is 14.4. The number of nitrogens with one attached hydrogen (secondary N) is 2. The molecule has 2 aliphatic carbocycles. The summed E-state index contributed by atoms with van der Waals surface area (Å²) in [4.78, 5) is 27.6. The molecule has 0 unspecified atom stereocenters. The number of ether oxygens (including phenoxy) is 1. The number of hydrogen-bond donors (Lipinski definition) is 3. The van der Waals surface area contributed by atoms with Gasteiger partial charge >= 0.3 is 0 Å². The summed E-state index contributed by atoms with van der Waals surface area (Å²) in [6.45, 7) is 2.15. The molecule has 0 atom stereocenters. The third-order valence-electron chi connectivity index (χ3n) is 6.86. The Morgan fingerprint density at radius 2 is 1.54 bits per heavy atom. The summed E-state index contributed by atoms with van der Waals surface area (Å²) >= 11 is 0. The van der Waals surface area contributed by atoms with Crippen LogP contribution in [0.2, 0.25) is 0 Å². The molecule has 2 aliphatic rings. The summed E-state index contributed by atoms with van der Waals surface area (Å²) in [7, 11) is -4.53. The van der Waals surface area contributed by atoms with Crippen LogP contribution >= 0.6 is 0 Å². The molecule has 0 heterocycles. The van der Waals surface area contributed by atoms with Crippen molar-refractivity contribution in [3.05, 3.63) is 76.9 Å². The number of anilines is 3. The molecular formula is C28H28N2O6S. The quantitative estimate of drug-likeness (QED) is 0.269. The normalized spacial score (nSPS) is 15.6. The van der Waals surface area contributed by atoms with E-state index in [0.29, 0.717) is 18.0 Å². The first-order chi connectivity index (χ1) is 17.8. The Morgan fingerprint density at radius 3 is 2.27 bits per heavy atom. The largest absolute Gasteiger partial charge is 0.493 e. The fourth-order valence-corrected chi connectivity index (χ4v) is 5.84. The number of fused-ring (bicyclic) bond motifs is 2. The van der Waals surface area contributed by atoms with Gasteiger partial charge in [0.15, 0.2) is 11.6 Å². The highest BCUT2D eigenvalue weighted by atomic mass is 32.2. The van der Waals surface area contributed by atoms with Crippen LogP contribution in [0.15, 0.2) is 59.5 Å². The molecule has 9 heteroatoms. The SMILES string of the molecule is CCOc1cccc2c1C(=O)c1c(NC3CCCCC3)ccc(Nc3ccccc3S(=O)(=O)O)c1C2=O. The maximum atomic E-state index is 14.0. The minimum atomic E-state index is -4.53. The lowest BCUT2D eigenvalue weighted by Gasteiger charge is -2.29. The monoisotopic (exact) mass is 520 g/mol. The van der Waals surface area contributed by atoms with Crippen molar-refractivity contribution < 1.29 is 27.3 Å². The van der Waals surface area contributed by atoms with Gasteiger partial charge < -0.3 is 15.4 Å². The van der Waals surface area contributed by atoms with Gasteiger partial charge in [0.2, 0.25) is 0 Å². The topological polar surface area (TPSA) is 122 Å². The van der Waals surface area contributed by atoms with Crippen LogP contribution < -0.4 is 15.4 Å². The number of ketones is 2. The summed E-state index contributed by atoms with van der Waals surface area (Å²) in [5.41, 5.74) is 1.75. The number of para-hydroxylation sites is 1. The van der Waals surface area contributed by atoms with Crippen LogP contribution in [0.1, 0.15) is 70.9 Å². The molecule has 5 rings (SSSR count). The van der Waals surface area contributed by atoms with Gasteiger partial charge in [0.25, 0.3) is 10.1 Å². The Hall–Kier alpha value is -3.69. The van der Waals surface area contributed by atoms with Gasteiger partial charge in [-0.25, -0.2) is 0 Å². The average molecular weight is 521 g/mol. The minimum absolute atomic E-state index is 0.0919. The van der Waals surface area contributed by atoms with E-state index in [1.165, 1.54) is 24.6 Å². The third kappa shape index (κ3) is 4.72. The Morgan fingerprint density at radius 1 is 0.838 bits per heavy atom. The molecule has 0 spiro atoms. The molecule has 0 aromatic heterocycles. The van der Waals surface area contributed by atoms with Gasteiger partial charge in [-0.2, -0.15) is 8.42 Å². The van der Waals surface area contributed by atoms with Crippen LogP contribution in [0.25, 0.3) is 0 Å². The highest BCUT2D eigenvalue weighted by molar-refractivity contribution is 7.86. The molecule has 0 radical (unpaired) electrons. The predicted molar refractivity (Wildman–Crippen MR) is 141 cm³/mol. The molecule has 0 aliphatic heterocycles. The highest BCUT2D eigenvalue weighted by Gasteiger charge is 2.37. The number of rotatable bonds is 7. The molecule has 0 amide bonds. The van der Waals surface area contributed by atoms with Crippen LogP contribution in [-0.2, 0) is 10.1 Å². The van der Waals surface area contributed by atoms with Gasteiger partial charge in [-0.3, -0.25) is 14.1 Å². The molecule has 192 valence electrons. The van der Waals surface area contributed by atoms with E-state index in [9.17, 15) is 22.6 Å². The Bertz CT molecular complexity index is 1490. The predicted octanol–water partition coefficient (Wildman–Crippen LogP) is 5.60. The van der Waals surface area contributed by atoms with Crippen LogP contribution in [0.5, 0.6) is 5.75 Å². The van der Waals surface area contributed by atoms with Crippen molar-refractivity contribution in [2.24, 2.45) is 0 Å². The van der Waals surface area contributed by atoms with E-state index in [2.05, 4.69) is 10.6 Å². The number of hydrogen-bond acceptors (Lipinski definition) is 7. The van der Waals surface area contributed by atoms with Crippen molar-refractivity contribution in [2.75, 3.05) is 17.2 Å². The van der Waals surface area contributed by atoms with Crippen LogP contribution in [0, 0.1) is 0 Å². The molecule has 8 nitrogen and oxygen atoms in total. The van der Waals surface area contributed by atoms with Crippen molar-refractivity contribution in [1.82, 2.24) is 0 Å². The fraction of sp³-hybridized carbons (Fsp3) is 0.286. The van der Waals surface area contributed by atoms with Gasteiger partial charge in [0, 0.05) is 17.3 Å². The lowest BCUT2D eigenvalue weighted by atomic mass is 9.81. The van der Waals surface area contributed by atoms with Crippen molar-refractivity contribution >= 4 is 38.7 Å². The first-order valence-electron chi connectivity index (χ1n) is 12.4. The highest BCUT2D eigenvalue weighted by Crippen LogP contribution is 2.41. The van der Waals surface area contributed by atoms with Gasteiger partial charge in [0.1, 0.15) is 10.6 Å². The zero-order valence-electron chi connectivity index (χ0n) is 20.4. The summed E-state index contributed by atoms with van der Waals surface area (Å²) in [6.07, 6.45) is 5.31. The van der Waals surface area contributed by atoms with Gasteiger partial charge in [0.05, 0.1) is 34.7 Å². The van der Waals surface area contributed by atoms with E-state index in [1.54, 1.807) is 36.4 Å². The first-order valence-corrected chi connectivity index (χ1v) is 13.9. The molecular weight excluding hydrogens is 492 g/mol. The van der Waals surface area contributed by atoms with Crippen LogP contribution in [0.3, 0.4) is 0 Å². The van der Waals surface area contributed by atoms with Gasteiger partial charge in [-0.1, -0.05) is 43.5 Å². The van der Waals surface area contributed by atoms with Gasteiger partial charge in [-0.05, 0) is 50.1 Å². The van der Waals surface area contributed by atoms with Gasteiger partial charge in [-0.15, -0.1) is 0 Å². The molecule has 37 heavy (non-hydrogen) atoms. The van der Waals surface area contributed by atoms with E-state index < -0.39 is 10.1 Å². The maximum Gasteiger partial charge on any atom is 0.296 e.